The highest BCUT2D eigenvalue weighted by atomic mass is 32.2. The van der Waals surface area contributed by atoms with Gasteiger partial charge in [-0.25, -0.2) is 4.39 Å². The molecule has 0 saturated heterocycles. The van der Waals surface area contributed by atoms with Crippen LogP contribution in [0.1, 0.15) is 53.1 Å². The van der Waals surface area contributed by atoms with Crippen molar-refractivity contribution in [2.45, 2.75) is 49.1 Å². The van der Waals surface area contributed by atoms with Crippen molar-refractivity contribution < 1.29 is 13.9 Å². The molecule has 2 heterocycles. The van der Waals surface area contributed by atoms with Gasteiger partial charge in [-0.2, -0.15) is 0 Å². The average Bonchev–Trinajstić information content (AvgIpc) is 3.65. The maximum atomic E-state index is 14.4. The summed E-state index contributed by atoms with van der Waals surface area (Å²) < 4.78 is 28.7. The molecule has 0 N–H and O–H groups in total. The highest BCUT2D eigenvalue weighted by Gasteiger charge is 2.31. The van der Waals surface area contributed by atoms with Crippen molar-refractivity contribution in [1.29, 1.82) is 0 Å². The second kappa shape index (κ2) is 9.24. The van der Waals surface area contributed by atoms with E-state index in [2.05, 4.69) is 26.9 Å². The first-order valence-corrected chi connectivity index (χ1v) is 12.5. The van der Waals surface area contributed by atoms with E-state index in [0.717, 1.165) is 47.1 Å². The molecule has 1 aromatic heterocycles. The predicted molar refractivity (Wildman–Crippen MR) is 128 cm³/mol. The van der Waals surface area contributed by atoms with E-state index in [4.69, 9.17) is 9.47 Å². The maximum absolute atomic E-state index is 14.4. The van der Waals surface area contributed by atoms with Crippen LogP contribution in [-0.2, 0) is 23.6 Å². The van der Waals surface area contributed by atoms with Crippen LogP contribution in [0.25, 0.3) is 0 Å². The number of rotatable bonds is 7. The summed E-state index contributed by atoms with van der Waals surface area (Å²) in [7, 11) is 0. The number of hydrogen-bond donors (Lipinski definition) is 0. The van der Waals surface area contributed by atoms with E-state index in [1.54, 1.807) is 17.8 Å². The van der Waals surface area contributed by atoms with E-state index in [-0.39, 0.29) is 5.82 Å². The van der Waals surface area contributed by atoms with Gasteiger partial charge in [0, 0.05) is 28.4 Å². The van der Waals surface area contributed by atoms with E-state index in [1.807, 2.05) is 48.5 Å². The van der Waals surface area contributed by atoms with Crippen LogP contribution in [-0.4, -0.2) is 14.8 Å². The number of thioether (sulfide) groups is 1. The summed E-state index contributed by atoms with van der Waals surface area (Å²) in [6, 6.07) is 23.2. The molecule has 2 aliphatic rings. The Kier molecular flexibility index (Phi) is 5.81. The number of halogens is 1. The fraction of sp³-hybridized carbons (Fsp3) is 0.259. The quantitative estimate of drug-likeness (QED) is 0.297. The van der Waals surface area contributed by atoms with Gasteiger partial charge < -0.3 is 14.0 Å². The van der Waals surface area contributed by atoms with E-state index >= 15 is 0 Å². The molecule has 0 radical (unpaired) electrons. The molecule has 7 heteroatoms. The molecule has 1 fully saturated rings. The van der Waals surface area contributed by atoms with Gasteiger partial charge in [-0.15, -0.1) is 10.2 Å². The third-order valence-electron chi connectivity index (χ3n) is 6.12. The maximum Gasteiger partial charge on any atom is 0.227 e. The van der Waals surface area contributed by atoms with Crippen molar-refractivity contribution in [2.75, 3.05) is 0 Å². The highest BCUT2D eigenvalue weighted by Crippen LogP contribution is 2.42. The van der Waals surface area contributed by atoms with Crippen LogP contribution in [0.4, 0.5) is 4.39 Å². The van der Waals surface area contributed by atoms with Gasteiger partial charge in [0.1, 0.15) is 17.4 Å². The van der Waals surface area contributed by atoms with E-state index in [1.165, 1.54) is 11.6 Å². The molecule has 34 heavy (non-hydrogen) atoms. The lowest BCUT2D eigenvalue weighted by atomic mass is 10.1. The Labute approximate surface area is 201 Å². The molecule has 5 nitrogen and oxygen atoms in total. The zero-order valence-corrected chi connectivity index (χ0v) is 19.4. The fourth-order valence-electron chi connectivity index (χ4n) is 4.27. The van der Waals surface area contributed by atoms with Gasteiger partial charge in [0.05, 0.1) is 13.2 Å². The molecule has 1 saturated carbocycles. The summed E-state index contributed by atoms with van der Waals surface area (Å²) in [5.74, 6) is 2.47. The molecule has 1 aliphatic heterocycles. The third-order valence-corrected chi connectivity index (χ3v) is 7.14. The standard InChI is InChI=1S/C27H24FN3O2S/c28-23-13-21-16-32-26(20-9-5-2-6-10-20)33-24(21)22(14-23)17-34-27-30-29-25(19-11-12-19)31(27)15-18-7-3-1-4-8-18/h1-10,13-14,19,26H,11-12,15-17H2. The smallest absolute Gasteiger partial charge is 0.227 e. The Morgan fingerprint density at radius 1 is 0.971 bits per heavy atom. The van der Waals surface area contributed by atoms with Crippen molar-refractivity contribution in [3.8, 4) is 5.75 Å². The van der Waals surface area contributed by atoms with E-state index < -0.39 is 6.29 Å². The second-order valence-electron chi connectivity index (χ2n) is 8.70. The van der Waals surface area contributed by atoms with Gasteiger partial charge in [-0.1, -0.05) is 72.4 Å². The summed E-state index contributed by atoms with van der Waals surface area (Å²) in [5.41, 5.74) is 3.67. The lowest BCUT2D eigenvalue weighted by molar-refractivity contribution is -0.112. The van der Waals surface area contributed by atoms with Crippen LogP contribution in [0.3, 0.4) is 0 Å². The first kappa shape index (κ1) is 21.4. The van der Waals surface area contributed by atoms with E-state index in [0.29, 0.717) is 24.0 Å². The Hall–Kier alpha value is -3.16. The summed E-state index contributed by atoms with van der Waals surface area (Å²) in [5, 5.41) is 9.86. The molecule has 1 atom stereocenters. The molecular formula is C27H24FN3O2S. The molecule has 172 valence electrons. The van der Waals surface area contributed by atoms with E-state index in [9.17, 15) is 4.39 Å². The fourth-order valence-corrected chi connectivity index (χ4v) is 5.18. The minimum absolute atomic E-state index is 0.288. The SMILES string of the molecule is Fc1cc2c(c(CSc3nnc(C4CC4)n3Cc3ccccc3)c1)OC(c1ccccc1)OC2. The van der Waals surface area contributed by atoms with Gasteiger partial charge in [0.25, 0.3) is 0 Å². The van der Waals surface area contributed by atoms with Crippen LogP contribution in [0.2, 0.25) is 0 Å². The molecule has 1 aliphatic carbocycles. The largest absolute Gasteiger partial charge is 0.460 e. The molecule has 4 aromatic rings. The van der Waals surface area contributed by atoms with Crippen LogP contribution in [0.5, 0.6) is 5.75 Å². The summed E-state index contributed by atoms with van der Waals surface area (Å²) in [6.07, 6.45) is 1.80. The van der Waals surface area contributed by atoms with Crippen molar-refractivity contribution in [3.05, 3.63) is 107 Å². The number of fused-ring (bicyclic) bond motifs is 1. The van der Waals surface area contributed by atoms with Gasteiger partial charge in [-0.3, -0.25) is 0 Å². The van der Waals surface area contributed by atoms with Crippen LogP contribution in [0, 0.1) is 5.82 Å². The minimum atomic E-state index is -0.508. The first-order valence-electron chi connectivity index (χ1n) is 11.5. The van der Waals surface area contributed by atoms with Gasteiger partial charge in [0.2, 0.25) is 6.29 Å². The topological polar surface area (TPSA) is 49.2 Å². The molecule has 1 unspecified atom stereocenters. The van der Waals surface area contributed by atoms with Crippen molar-refractivity contribution in [3.63, 3.8) is 0 Å². The highest BCUT2D eigenvalue weighted by molar-refractivity contribution is 7.98. The Morgan fingerprint density at radius 3 is 2.50 bits per heavy atom. The average molecular weight is 474 g/mol. The third kappa shape index (κ3) is 4.45. The lowest BCUT2D eigenvalue weighted by Crippen LogP contribution is -2.19. The summed E-state index contributed by atoms with van der Waals surface area (Å²) in [4.78, 5) is 0. The Morgan fingerprint density at radius 2 is 1.74 bits per heavy atom. The normalized spacial score (nSPS) is 17.3. The number of benzene rings is 3. The molecule has 0 spiro atoms. The van der Waals surface area contributed by atoms with Gasteiger partial charge in [-0.05, 0) is 30.5 Å². The number of aromatic nitrogens is 3. The monoisotopic (exact) mass is 473 g/mol. The van der Waals surface area contributed by atoms with Crippen LogP contribution in [0.15, 0.2) is 78.0 Å². The number of ether oxygens (including phenoxy) is 2. The van der Waals surface area contributed by atoms with Gasteiger partial charge >= 0.3 is 0 Å². The summed E-state index contributed by atoms with van der Waals surface area (Å²) >= 11 is 1.57. The van der Waals surface area contributed by atoms with Crippen molar-refractivity contribution >= 4 is 11.8 Å². The molecule has 0 bridgehead atoms. The van der Waals surface area contributed by atoms with Crippen molar-refractivity contribution in [2.24, 2.45) is 0 Å². The Bertz CT molecular complexity index is 1290. The molecule has 3 aromatic carbocycles. The Balaban J connectivity index is 1.26. The predicted octanol–water partition coefficient (Wildman–Crippen LogP) is 6.24. The zero-order chi connectivity index (χ0) is 22.9. The summed E-state index contributed by atoms with van der Waals surface area (Å²) in [6.45, 7) is 1.03. The molecular weight excluding hydrogens is 449 g/mol. The first-order chi connectivity index (χ1) is 16.7. The van der Waals surface area contributed by atoms with Crippen LogP contribution >= 0.6 is 11.8 Å². The molecule has 6 rings (SSSR count). The number of nitrogens with zero attached hydrogens (tertiary/aromatic N) is 3. The second-order valence-corrected chi connectivity index (χ2v) is 9.64. The van der Waals surface area contributed by atoms with Crippen molar-refractivity contribution in [1.82, 2.24) is 14.8 Å². The number of hydrogen-bond acceptors (Lipinski definition) is 5. The van der Waals surface area contributed by atoms with Crippen LogP contribution < -0.4 is 4.74 Å². The van der Waals surface area contributed by atoms with Gasteiger partial charge in [0.15, 0.2) is 5.16 Å². The lowest BCUT2D eigenvalue weighted by Gasteiger charge is -2.28. The zero-order valence-electron chi connectivity index (χ0n) is 18.6. The minimum Gasteiger partial charge on any atom is -0.460 e. The molecule has 0 amide bonds.